The molecular formula is C10H16ClNO6S2. The Morgan fingerprint density at radius 3 is 1.85 bits per heavy atom. The number of rotatable bonds is 3. The van der Waals surface area contributed by atoms with Gasteiger partial charge in [-0.05, 0) is 12.8 Å². The maximum absolute atomic E-state index is 11.1. The smallest absolute Gasteiger partial charge is 0.237 e. The van der Waals surface area contributed by atoms with E-state index in [-0.39, 0.29) is 19.0 Å². The van der Waals surface area contributed by atoms with Gasteiger partial charge in [-0.3, -0.25) is 0 Å². The highest BCUT2D eigenvalue weighted by atomic mass is 35.7. The van der Waals surface area contributed by atoms with Gasteiger partial charge in [0.1, 0.15) is 11.0 Å². The molecular weight excluding hydrogens is 330 g/mol. The maximum atomic E-state index is 11.1. The number of hydrogen-bond acceptors (Lipinski definition) is 7. The third kappa shape index (κ3) is 5.54. The summed E-state index contributed by atoms with van der Waals surface area (Å²) < 4.78 is 53.0. The zero-order chi connectivity index (χ0) is 15.2. The monoisotopic (exact) mass is 345 g/mol. The van der Waals surface area contributed by atoms with Crippen LogP contribution in [0.1, 0.15) is 12.8 Å². The minimum absolute atomic E-state index is 0.254. The molecule has 0 amide bonds. The molecule has 0 saturated carbocycles. The standard InChI is InChI=1S/C6H9NO3S.C4H7ClO3S/c7-2-4-11(8,9)6-1-3-10-5-6;5-9(6,7)4-1-2-8-3-4/h6H,1,3-5H2;4H,1-3H2. The molecule has 0 N–H and O–H groups in total. The van der Waals surface area contributed by atoms with E-state index in [0.717, 1.165) is 0 Å². The highest BCUT2D eigenvalue weighted by Gasteiger charge is 2.29. The summed E-state index contributed by atoms with van der Waals surface area (Å²) >= 11 is 0. The first-order chi connectivity index (χ1) is 9.27. The molecule has 0 aromatic rings. The van der Waals surface area contributed by atoms with E-state index in [1.807, 2.05) is 0 Å². The molecule has 2 fully saturated rings. The van der Waals surface area contributed by atoms with Crippen LogP contribution in [0.15, 0.2) is 0 Å². The SMILES string of the molecule is N#CCS(=O)(=O)C1CCOC1.O=S(=O)(Cl)C1CCOC1. The molecule has 10 heteroatoms. The van der Waals surface area contributed by atoms with Crippen LogP contribution in [0.5, 0.6) is 0 Å². The van der Waals surface area contributed by atoms with Gasteiger partial charge in [0.05, 0.1) is 24.5 Å². The molecule has 0 spiro atoms. The molecule has 0 bridgehead atoms. The normalized spacial score (nSPS) is 26.6. The summed E-state index contributed by atoms with van der Waals surface area (Å²) in [6.07, 6.45) is 1.07. The molecule has 2 heterocycles. The summed E-state index contributed by atoms with van der Waals surface area (Å²) in [6, 6.07) is 1.64. The van der Waals surface area contributed by atoms with Crippen LogP contribution in [-0.2, 0) is 28.4 Å². The lowest BCUT2D eigenvalue weighted by Crippen LogP contribution is -2.23. The van der Waals surface area contributed by atoms with Gasteiger partial charge in [-0.1, -0.05) is 0 Å². The molecule has 2 atom stereocenters. The minimum Gasteiger partial charge on any atom is -0.380 e. The van der Waals surface area contributed by atoms with E-state index in [0.29, 0.717) is 26.1 Å². The third-order valence-electron chi connectivity index (χ3n) is 2.95. The highest BCUT2D eigenvalue weighted by Crippen LogP contribution is 2.16. The Labute approximate surface area is 123 Å². The molecule has 0 aromatic heterocycles. The van der Waals surface area contributed by atoms with Crippen molar-refractivity contribution in [3.8, 4) is 6.07 Å². The molecule has 0 radical (unpaired) electrons. The summed E-state index contributed by atoms with van der Waals surface area (Å²) in [6.45, 7) is 1.52. The van der Waals surface area contributed by atoms with E-state index >= 15 is 0 Å². The number of sulfone groups is 1. The summed E-state index contributed by atoms with van der Waals surface area (Å²) in [4.78, 5) is 0. The van der Waals surface area contributed by atoms with E-state index in [4.69, 9.17) is 25.4 Å². The predicted octanol–water partition coefficient (Wildman–Crippen LogP) is 0.0576. The van der Waals surface area contributed by atoms with Crippen molar-refractivity contribution < 1.29 is 26.3 Å². The van der Waals surface area contributed by atoms with Crippen molar-refractivity contribution in [3.63, 3.8) is 0 Å². The molecule has 2 saturated heterocycles. The van der Waals surface area contributed by atoms with Crippen LogP contribution in [0.3, 0.4) is 0 Å². The topological polar surface area (TPSA) is 111 Å². The maximum Gasteiger partial charge on any atom is 0.237 e. The van der Waals surface area contributed by atoms with E-state index in [9.17, 15) is 16.8 Å². The molecule has 2 rings (SSSR count). The number of hydrogen-bond donors (Lipinski definition) is 0. The predicted molar refractivity (Wildman–Crippen MR) is 72.6 cm³/mol. The molecule has 7 nitrogen and oxygen atoms in total. The van der Waals surface area contributed by atoms with Crippen molar-refractivity contribution in [3.05, 3.63) is 0 Å². The second-order valence-corrected chi connectivity index (χ2v) is 9.60. The molecule has 20 heavy (non-hydrogen) atoms. The third-order valence-corrected chi connectivity index (χ3v) is 6.79. The van der Waals surface area contributed by atoms with Gasteiger partial charge in [-0.25, -0.2) is 16.8 Å². The van der Waals surface area contributed by atoms with Crippen LogP contribution in [0, 0.1) is 11.3 Å². The van der Waals surface area contributed by atoms with Crippen molar-refractivity contribution in [2.24, 2.45) is 0 Å². The van der Waals surface area contributed by atoms with Crippen molar-refractivity contribution in [2.75, 3.05) is 32.2 Å². The average Bonchev–Trinajstić information content (AvgIpc) is 3.03. The van der Waals surface area contributed by atoms with Gasteiger partial charge >= 0.3 is 0 Å². The van der Waals surface area contributed by atoms with Gasteiger partial charge in [-0.2, -0.15) is 5.26 Å². The fraction of sp³-hybridized carbons (Fsp3) is 0.900. The summed E-state index contributed by atoms with van der Waals surface area (Å²) in [5.41, 5.74) is 0. The van der Waals surface area contributed by atoms with Crippen LogP contribution in [0.25, 0.3) is 0 Å². The molecule has 2 unspecified atom stereocenters. The Balaban J connectivity index is 0.000000204. The summed E-state index contributed by atoms with van der Waals surface area (Å²) in [5, 5.41) is 7.28. The van der Waals surface area contributed by atoms with Crippen LogP contribution in [0.4, 0.5) is 0 Å². The van der Waals surface area contributed by atoms with Crippen LogP contribution < -0.4 is 0 Å². The largest absolute Gasteiger partial charge is 0.380 e. The van der Waals surface area contributed by atoms with Gasteiger partial charge < -0.3 is 9.47 Å². The average molecular weight is 346 g/mol. The van der Waals surface area contributed by atoms with Gasteiger partial charge in [0.2, 0.25) is 9.05 Å². The summed E-state index contributed by atoms with van der Waals surface area (Å²) in [7, 11) is -1.52. The molecule has 2 aliphatic rings. The van der Waals surface area contributed by atoms with E-state index in [1.165, 1.54) is 0 Å². The highest BCUT2D eigenvalue weighted by molar-refractivity contribution is 8.14. The Morgan fingerprint density at radius 1 is 1.05 bits per heavy atom. The first kappa shape index (κ1) is 17.7. The Hall–Kier alpha value is -0.400. The van der Waals surface area contributed by atoms with E-state index in [1.54, 1.807) is 6.07 Å². The number of nitriles is 1. The fourth-order valence-corrected chi connectivity index (χ4v) is 3.97. The number of nitrogens with zero attached hydrogens (tertiary/aromatic N) is 1. The Morgan fingerprint density at radius 2 is 1.55 bits per heavy atom. The second-order valence-electron chi connectivity index (χ2n) is 4.41. The van der Waals surface area contributed by atoms with Crippen LogP contribution in [-0.4, -0.2) is 59.5 Å². The van der Waals surface area contributed by atoms with E-state index in [2.05, 4.69) is 0 Å². The zero-order valence-corrected chi connectivity index (χ0v) is 13.1. The van der Waals surface area contributed by atoms with Crippen molar-refractivity contribution in [2.45, 2.75) is 23.3 Å². The fourth-order valence-electron chi connectivity index (χ4n) is 1.74. The quantitative estimate of drug-likeness (QED) is 0.665. The van der Waals surface area contributed by atoms with Crippen LogP contribution >= 0.6 is 10.7 Å². The first-order valence-corrected chi connectivity index (χ1v) is 10.0. The van der Waals surface area contributed by atoms with Gasteiger partial charge in [0, 0.05) is 23.9 Å². The van der Waals surface area contributed by atoms with Gasteiger partial charge in [0.15, 0.2) is 9.84 Å². The molecule has 0 aliphatic carbocycles. The van der Waals surface area contributed by atoms with Crippen molar-refractivity contribution >= 4 is 29.6 Å². The first-order valence-electron chi connectivity index (χ1n) is 5.95. The molecule has 2 aliphatic heterocycles. The van der Waals surface area contributed by atoms with Gasteiger partial charge in [-0.15, -0.1) is 0 Å². The van der Waals surface area contributed by atoms with Crippen LogP contribution in [0.2, 0.25) is 0 Å². The summed E-state index contributed by atoms with van der Waals surface area (Å²) in [5.74, 6) is -0.388. The Kier molecular flexibility index (Phi) is 6.68. The van der Waals surface area contributed by atoms with Crippen molar-refractivity contribution in [1.82, 2.24) is 0 Å². The van der Waals surface area contributed by atoms with E-state index < -0.39 is 29.4 Å². The molecule has 0 aromatic carbocycles. The zero-order valence-electron chi connectivity index (χ0n) is 10.7. The van der Waals surface area contributed by atoms with Crippen molar-refractivity contribution in [1.29, 1.82) is 5.26 Å². The minimum atomic E-state index is -3.36. The molecule has 116 valence electrons. The lowest BCUT2D eigenvalue weighted by atomic mass is 10.4. The number of ether oxygens (including phenoxy) is 2. The second kappa shape index (κ2) is 7.56. The lowest BCUT2D eigenvalue weighted by molar-refractivity contribution is 0.198. The lowest BCUT2D eigenvalue weighted by Gasteiger charge is -2.04. The number of halogens is 1. The van der Waals surface area contributed by atoms with Gasteiger partial charge in [0.25, 0.3) is 0 Å². The Bertz CT molecular complexity index is 541.